The Morgan fingerprint density at radius 2 is 1.29 bits per heavy atom. The Kier molecular flexibility index (Phi) is 4.47. The smallest absolute Gasteiger partial charge is 0.106 e. The topological polar surface area (TPSA) is 20.2 Å². The molecule has 4 aromatic rings. The molecular formula is C25H16Br2O. The number of halogens is 2. The molecule has 0 amide bonds. The molecule has 0 aliphatic heterocycles. The van der Waals surface area contributed by atoms with Gasteiger partial charge in [-0.2, -0.15) is 0 Å². The summed E-state index contributed by atoms with van der Waals surface area (Å²) in [5.74, 6) is 0. The Bertz CT molecular complexity index is 1180. The summed E-state index contributed by atoms with van der Waals surface area (Å²) in [6.07, 6.45) is -0.635. The second-order valence-corrected chi connectivity index (χ2v) is 8.73. The Morgan fingerprint density at radius 1 is 0.643 bits per heavy atom. The molecule has 1 unspecified atom stereocenters. The van der Waals surface area contributed by atoms with Crippen molar-refractivity contribution in [3.05, 3.63) is 105 Å². The van der Waals surface area contributed by atoms with E-state index in [4.69, 9.17) is 0 Å². The summed E-state index contributed by atoms with van der Waals surface area (Å²) in [6, 6.07) is 29.2. The van der Waals surface area contributed by atoms with Gasteiger partial charge >= 0.3 is 0 Å². The molecule has 0 heterocycles. The molecule has 0 radical (unpaired) electrons. The van der Waals surface area contributed by atoms with E-state index in [9.17, 15) is 5.11 Å². The maximum absolute atomic E-state index is 11.1. The van der Waals surface area contributed by atoms with E-state index < -0.39 is 6.10 Å². The molecule has 0 bridgehead atoms. The van der Waals surface area contributed by atoms with Crippen molar-refractivity contribution in [2.24, 2.45) is 0 Å². The molecule has 4 aromatic carbocycles. The lowest BCUT2D eigenvalue weighted by Crippen LogP contribution is -1.98. The van der Waals surface area contributed by atoms with Crippen LogP contribution in [-0.2, 0) is 0 Å². The van der Waals surface area contributed by atoms with Gasteiger partial charge in [-0.25, -0.2) is 0 Å². The van der Waals surface area contributed by atoms with Crippen LogP contribution in [0.15, 0.2) is 93.9 Å². The van der Waals surface area contributed by atoms with Crippen LogP contribution in [0.3, 0.4) is 0 Å². The van der Waals surface area contributed by atoms with Gasteiger partial charge < -0.3 is 5.11 Å². The molecule has 136 valence electrons. The standard InChI is InChI=1S/C25H16Br2O/c26-18-10-11-19-20-12-13-22(27)23(24(20)25(28)21(19)14-18)17-8-6-16(7-9-17)15-4-2-1-3-5-15/h1-14,25,28H. The molecule has 0 saturated carbocycles. The monoisotopic (exact) mass is 490 g/mol. The van der Waals surface area contributed by atoms with Crippen molar-refractivity contribution in [2.45, 2.75) is 6.10 Å². The SMILES string of the molecule is OC1c2cc(Br)ccc2-c2ccc(Br)c(-c3ccc(-c4ccccc4)cc3)c21. The van der Waals surface area contributed by atoms with Gasteiger partial charge in [0.2, 0.25) is 0 Å². The molecule has 1 atom stereocenters. The van der Waals surface area contributed by atoms with Crippen molar-refractivity contribution < 1.29 is 5.11 Å². The van der Waals surface area contributed by atoms with Gasteiger partial charge in [-0.3, -0.25) is 0 Å². The first-order valence-electron chi connectivity index (χ1n) is 9.09. The van der Waals surface area contributed by atoms with E-state index in [-0.39, 0.29) is 0 Å². The lowest BCUT2D eigenvalue weighted by Gasteiger charge is -2.15. The molecule has 1 N–H and O–H groups in total. The van der Waals surface area contributed by atoms with Gasteiger partial charge in [0.15, 0.2) is 0 Å². The summed E-state index contributed by atoms with van der Waals surface area (Å²) in [4.78, 5) is 0. The highest BCUT2D eigenvalue weighted by Gasteiger charge is 2.31. The predicted molar refractivity (Wildman–Crippen MR) is 122 cm³/mol. The summed E-state index contributed by atoms with van der Waals surface area (Å²) < 4.78 is 1.97. The minimum atomic E-state index is -0.635. The molecule has 1 aliphatic carbocycles. The van der Waals surface area contributed by atoms with Crippen LogP contribution < -0.4 is 0 Å². The normalized spacial score (nSPS) is 14.6. The summed E-state index contributed by atoms with van der Waals surface area (Å²) in [7, 11) is 0. The van der Waals surface area contributed by atoms with Crippen molar-refractivity contribution in [1.29, 1.82) is 0 Å². The van der Waals surface area contributed by atoms with Crippen LogP contribution in [0, 0.1) is 0 Å². The lowest BCUT2D eigenvalue weighted by atomic mass is 9.93. The highest BCUT2D eigenvalue weighted by Crippen LogP contribution is 2.50. The van der Waals surface area contributed by atoms with Crippen LogP contribution in [0.4, 0.5) is 0 Å². The zero-order chi connectivity index (χ0) is 19.3. The second kappa shape index (κ2) is 7.00. The first kappa shape index (κ1) is 17.9. The fourth-order valence-corrected chi connectivity index (χ4v) is 4.98. The summed E-state index contributed by atoms with van der Waals surface area (Å²) in [6.45, 7) is 0. The van der Waals surface area contributed by atoms with Crippen LogP contribution in [0.25, 0.3) is 33.4 Å². The van der Waals surface area contributed by atoms with Gasteiger partial charge in [-0.05, 0) is 51.6 Å². The van der Waals surface area contributed by atoms with Gasteiger partial charge in [0.25, 0.3) is 0 Å². The van der Waals surface area contributed by atoms with Crippen molar-refractivity contribution in [3.63, 3.8) is 0 Å². The van der Waals surface area contributed by atoms with E-state index in [0.717, 1.165) is 42.3 Å². The van der Waals surface area contributed by atoms with E-state index in [0.29, 0.717) is 0 Å². The van der Waals surface area contributed by atoms with Crippen molar-refractivity contribution in [3.8, 4) is 33.4 Å². The highest BCUT2D eigenvalue weighted by molar-refractivity contribution is 9.10. The van der Waals surface area contributed by atoms with Crippen molar-refractivity contribution in [1.82, 2.24) is 0 Å². The van der Waals surface area contributed by atoms with Crippen LogP contribution in [0.5, 0.6) is 0 Å². The first-order chi connectivity index (χ1) is 13.6. The van der Waals surface area contributed by atoms with Gasteiger partial charge in [0.1, 0.15) is 6.10 Å². The summed E-state index contributed by atoms with van der Waals surface area (Å²) in [5, 5.41) is 11.1. The maximum atomic E-state index is 11.1. The number of benzene rings is 4. The Hall–Kier alpha value is -2.20. The third-order valence-corrected chi connectivity index (χ3v) is 6.50. The van der Waals surface area contributed by atoms with Crippen LogP contribution >= 0.6 is 31.9 Å². The number of aliphatic hydroxyl groups excluding tert-OH is 1. The zero-order valence-electron chi connectivity index (χ0n) is 14.9. The lowest BCUT2D eigenvalue weighted by molar-refractivity contribution is 0.225. The maximum Gasteiger partial charge on any atom is 0.106 e. The molecule has 3 heteroatoms. The Labute approximate surface area is 180 Å². The van der Waals surface area contributed by atoms with Crippen molar-refractivity contribution >= 4 is 31.9 Å². The van der Waals surface area contributed by atoms with E-state index >= 15 is 0 Å². The quantitative estimate of drug-likeness (QED) is 0.306. The summed E-state index contributed by atoms with van der Waals surface area (Å²) >= 11 is 7.24. The molecule has 0 saturated heterocycles. The van der Waals surface area contributed by atoms with Gasteiger partial charge in [0.05, 0.1) is 0 Å². The fraction of sp³-hybridized carbons (Fsp3) is 0.0400. The predicted octanol–water partition coefficient (Wildman–Crippen LogP) is 7.61. The molecule has 0 fully saturated rings. The van der Waals surface area contributed by atoms with E-state index in [2.05, 4.69) is 98.6 Å². The number of rotatable bonds is 2. The Balaban J connectivity index is 1.65. The Morgan fingerprint density at radius 3 is 2.04 bits per heavy atom. The van der Waals surface area contributed by atoms with E-state index in [1.165, 1.54) is 11.1 Å². The molecule has 1 nitrogen and oxygen atoms in total. The average Bonchev–Trinajstić information content (AvgIpc) is 3.00. The van der Waals surface area contributed by atoms with Crippen molar-refractivity contribution in [2.75, 3.05) is 0 Å². The third-order valence-electron chi connectivity index (χ3n) is 5.35. The van der Waals surface area contributed by atoms with Crippen LogP contribution in [0.1, 0.15) is 17.2 Å². The minimum absolute atomic E-state index is 0.635. The minimum Gasteiger partial charge on any atom is -0.384 e. The number of hydrogen-bond acceptors (Lipinski definition) is 1. The summed E-state index contributed by atoms with van der Waals surface area (Å²) in [5.41, 5.74) is 8.64. The number of hydrogen-bond donors (Lipinski definition) is 1. The largest absolute Gasteiger partial charge is 0.384 e. The van der Waals surface area contributed by atoms with E-state index in [1.54, 1.807) is 0 Å². The molecular weight excluding hydrogens is 476 g/mol. The second-order valence-electron chi connectivity index (χ2n) is 6.96. The van der Waals surface area contributed by atoms with E-state index in [1.807, 2.05) is 18.2 Å². The van der Waals surface area contributed by atoms with Gasteiger partial charge in [0, 0.05) is 20.1 Å². The van der Waals surface area contributed by atoms with Crippen LogP contribution in [-0.4, -0.2) is 5.11 Å². The average molecular weight is 492 g/mol. The van der Waals surface area contributed by atoms with Gasteiger partial charge in [-0.15, -0.1) is 0 Å². The molecule has 1 aliphatic rings. The first-order valence-corrected chi connectivity index (χ1v) is 10.7. The van der Waals surface area contributed by atoms with Gasteiger partial charge in [-0.1, -0.05) is 98.6 Å². The third kappa shape index (κ3) is 2.86. The molecule has 0 aromatic heterocycles. The molecule has 28 heavy (non-hydrogen) atoms. The molecule has 0 spiro atoms. The number of aliphatic hydroxyl groups is 1. The van der Waals surface area contributed by atoms with Crippen LogP contribution in [0.2, 0.25) is 0 Å². The highest BCUT2D eigenvalue weighted by atomic mass is 79.9. The fourth-order valence-electron chi connectivity index (χ4n) is 4.03. The number of fused-ring (bicyclic) bond motifs is 3. The zero-order valence-corrected chi connectivity index (χ0v) is 18.0. The molecule has 5 rings (SSSR count).